The smallest absolute Gasteiger partial charge is 0.0550 e. The van der Waals surface area contributed by atoms with Crippen molar-refractivity contribution < 1.29 is 23.7 Å². The number of hydrogen-bond donors (Lipinski definition) is 10. The summed E-state index contributed by atoms with van der Waals surface area (Å²) in [5.74, 6) is 9.96. The average molecular weight is 1120 g/mol. The maximum Gasteiger partial charge on any atom is 0.0550 e. The van der Waals surface area contributed by atoms with Crippen LogP contribution < -0.4 is 0 Å². The molecule has 0 aliphatic heterocycles. The summed E-state index contributed by atoms with van der Waals surface area (Å²) >= 11 is 40.3. The monoisotopic (exact) mass is 1120 g/mol. The van der Waals surface area contributed by atoms with Gasteiger partial charge in [0, 0.05) is 67.7 Å². The van der Waals surface area contributed by atoms with Crippen molar-refractivity contribution in [2.75, 3.05) is 126 Å². The SMILES string of the molecule is CCCCCCCS.CCCCCCS.CCCCCS.CCCCS.CCCS.COCCCCCCS.COCCCCCS.COCCCCS.COCCCS.COCCS. The number of rotatable bonds is 35. The summed E-state index contributed by atoms with van der Waals surface area (Å²) in [5, 5.41) is 0. The normalized spacial score (nSPS) is 9.23. The fourth-order valence-electron chi connectivity index (χ4n) is 3.68. The van der Waals surface area contributed by atoms with Gasteiger partial charge in [-0.05, 0) is 129 Å². The van der Waals surface area contributed by atoms with Crippen molar-refractivity contribution >= 4 is 126 Å². The molecule has 0 spiro atoms. The molecule has 0 aliphatic carbocycles. The van der Waals surface area contributed by atoms with E-state index in [0.717, 1.165) is 110 Å². The Morgan fingerprint density at radius 1 is 0.185 bits per heavy atom. The molecule has 0 saturated heterocycles. The second kappa shape index (κ2) is 127. The molecule has 65 heavy (non-hydrogen) atoms. The molecule has 0 aromatic carbocycles. The quantitative estimate of drug-likeness (QED) is 0.0232. The van der Waals surface area contributed by atoms with Gasteiger partial charge in [0.05, 0.1) is 6.61 Å². The highest BCUT2D eigenvalue weighted by Crippen LogP contribution is 2.03. The van der Waals surface area contributed by atoms with E-state index < -0.39 is 0 Å². The average Bonchev–Trinajstić information content (AvgIpc) is 3.33. The Kier molecular flexibility index (Phi) is 178. The van der Waals surface area contributed by atoms with Crippen LogP contribution in [0.1, 0.15) is 195 Å². The van der Waals surface area contributed by atoms with Crippen LogP contribution in [0.2, 0.25) is 0 Å². The first-order valence-corrected chi connectivity index (χ1v) is 31.5. The summed E-state index contributed by atoms with van der Waals surface area (Å²) in [6.07, 6.45) is 31.8. The van der Waals surface area contributed by atoms with Crippen LogP contribution in [-0.2, 0) is 23.7 Å². The van der Waals surface area contributed by atoms with Gasteiger partial charge in [-0.1, -0.05) is 118 Å². The van der Waals surface area contributed by atoms with Gasteiger partial charge in [-0.2, -0.15) is 126 Å². The predicted molar refractivity (Wildman–Crippen MR) is 342 cm³/mol. The molecule has 0 rings (SSSR count). The predicted octanol–water partition coefficient (Wildman–Crippen LogP) is 17.2. The second-order valence-corrected chi connectivity index (χ2v) is 18.7. The highest BCUT2D eigenvalue weighted by atomic mass is 32.1. The minimum atomic E-state index is 0.753. The first kappa shape index (κ1) is 91.0. The molecule has 15 heteroatoms. The summed E-state index contributed by atoms with van der Waals surface area (Å²) in [7, 11) is 8.57. The van der Waals surface area contributed by atoms with Crippen LogP contribution in [0.4, 0.5) is 0 Å². The van der Waals surface area contributed by atoms with E-state index in [1.807, 2.05) is 0 Å². The lowest BCUT2D eigenvalue weighted by Crippen LogP contribution is -1.87. The van der Waals surface area contributed by atoms with Gasteiger partial charge in [-0.25, -0.2) is 0 Å². The molecule has 5 nitrogen and oxygen atoms in total. The molecule has 0 saturated carbocycles. The molecule has 0 aromatic heterocycles. The molecule has 0 amide bonds. The highest BCUT2D eigenvalue weighted by molar-refractivity contribution is 7.81. The lowest BCUT2D eigenvalue weighted by molar-refractivity contribution is 0.192. The Bertz CT molecular complexity index is 483. The van der Waals surface area contributed by atoms with Crippen molar-refractivity contribution in [3.05, 3.63) is 0 Å². The molecule has 0 radical (unpaired) electrons. The maximum absolute atomic E-state index is 4.90. The van der Waals surface area contributed by atoms with E-state index in [1.165, 1.54) is 141 Å². The number of unbranched alkanes of at least 4 members (excludes halogenated alkanes) is 16. The van der Waals surface area contributed by atoms with Gasteiger partial charge in [0.1, 0.15) is 0 Å². The molecule has 0 aromatic rings. The minimum Gasteiger partial charge on any atom is -0.385 e. The number of ether oxygens (including phenoxy) is 5. The van der Waals surface area contributed by atoms with Crippen molar-refractivity contribution in [3.63, 3.8) is 0 Å². The fourth-order valence-corrected chi connectivity index (χ4v) is 5.65. The number of hydrogen-bond acceptors (Lipinski definition) is 15. The number of methoxy groups -OCH3 is 5. The van der Waals surface area contributed by atoms with Gasteiger partial charge in [0.2, 0.25) is 0 Å². The van der Waals surface area contributed by atoms with Gasteiger partial charge in [-0.15, -0.1) is 0 Å². The Balaban J connectivity index is -0.0000000651. The molecular weight excluding hydrogens is 1000 g/mol. The van der Waals surface area contributed by atoms with E-state index in [1.54, 1.807) is 35.5 Å². The van der Waals surface area contributed by atoms with Gasteiger partial charge in [0.25, 0.3) is 0 Å². The van der Waals surface area contributed by atoms with E-state index >= 15 is 0 Å². The molecule has 0 unspecified atom stereocenters. The molecule has 0 fully saturated rings. The van der Waals surface area contributed by atoms with E-state index in [4.69, 9.17) is 18.9 Å². The van der Waals surface area contributed by atoms with E-state index in [2.05, 4.69) is 166 Å². The summed E-state index contributed by atoms with van der Waals surface area (Å²) < 4.78 is 23.9. The van der Waals surface area contributed by atoms with Gasteiger partial charge < -0.3 is 23.7 Å². The third kappa shape index (κ3) is 196. The van der Waals surface area contributed by atoms with Crippen LogP contribution in [-0.4, -0.2) is 126 Å². The zero-order valence-corrected chi connectivity index (χ0v) is 53.7. The maximum atomic E-state index is 4.90. The van der Waals surface area contributed by atoms with Crippen molar-refractivity contribution in [1.82, 2.24) is 0 Å². The largest absolute Gasteiger partial charge is 0.385 e. The van der Waals surface area contributed by atoms with Gasteiger partial charge in [0.15, 0.2) is 0 Å². The number of thiol groups is 10. The first-order chi connectivity index (χ1) is 31.6. The highest BCUT2D eigenvalue weighted by Gasteiger charge is 1.87. The third-order valence-corrected chi connectivity index (χ3v) is 10.8. The Labute approximate surface area is 467 Å². The lowest BCUT2D eigenvalue weighted by Gasteiger charge is -1.96. The summed E-state index contributed by atoms with van der Waals surface area (Å²) in [6, 6.07) is 0. The van der Waals surface area contributed by atoms with Crippen molar-refractivity contribution in [2.45, 2.75) is 195 Å². The zero-order valence-electron chi connectivity index (χ0n) is 44.8. The van der Waals surface area contributed by atoms with E-state index in [9.17, 15) is 0 Å². The van der Waals surface area contributed by atoms with Gasteiger partial charge >= 0.3 is 0 Å². The summed E-state index contributed by atoms with van der Waals surface area (Å²) in [6.45, 7) is 15.2. The van der Waals surface area contributed by atoms with Crippen LogP contribution >= 0.6 is 126 Å². The molecule has 410 valence electrons. The van der Waals surface area contributed by atoms with Crippen molar-refractivity contribution in [1.29, 1.82) is 0 Å². The standard InChI is InChI=1S/C7H16OS.C7H16S.C6H14OS.C6H14S.C5H12OS.C5H12S.C4H10OS.C4H10S.C3H8OS.C3H8S/c1-8-6-4-2-3-5-7-9;1-2-3-4-5-6-7-8;1-7-5-3-2-4-6-8;1-2-3-4-5-6-7;1-6-4-2-3-5-7;1-2-3-4-5-6;1-5-3-2-4-6;1-2-3-4-5;1-4-2-3-5;1-2-3-4/h9H,2-7H2,1H3;8H,2-7H2,1H3;8H,2-6H2,1H3;7H,2-6H2,1H3;7H,2-5H2,1H3;6H,2-5H2,1H3;6H,2-4H2,1H3;5H,2-4H2,1H3;5H,2-3H2,1H3;4H,2-3H2,1H3. The first-order valence-electron chi connectivity index (χ1n) is 25.2. The van der Waals surface area contributed by atoms with E-state index in [0.29, 0.717) is 0 Å². The molecule has 0 bridgehead atoms. The summed E-state index contributed by atoms with van der Waals surface area (Å²) in [5.41, 5.74) is 0. The summed E-state index contributed by atoms with van der Waals surface area (Å²) in [4.78, 5) is 0. The molecular formula is C50H120O5S10. The van der Waals surface area contributed by atoms with E-state index in [-0.39, 0.29) is 0 Å². The zero-order chi connectivity index (χ0) is 51.8. The van der Waals surface area contributed by atoms with Crippen LogP contribution in [0.15, 0.2) is 0 Å². The Hall–Kier alpha value is 3.30. The Morgan fingerprint density at radius 2 is 0.385 bits per heavy atom. The second-order valence-electron chi connectivity index (χ2n) is 14.3. The van der Waals surface area contributed by atoms with Crippen LogP contribution in [0.25, 0.3) is 0 Å². The van der Waals surface area contributed by atoms with Crippen LogP contribution in [0.5, 0.6) is 0 Å². The van der Waals surface area contributed by atoms with Crippen molar-refractivity contribution in [3.8, 4) is 0 Å². The molecule has 0 heterocycles. The van der Waals surface area contributed by atoms with Crippen LogP contribution in [0, 0.1) is 0 Å². The minimum absolute atomic E-state index is 0.753. The lowest BCUT2D eigenvalue weighted by atomic mass is 10.2. The van der Waals surface area contributed by atoms with Gasteiger partial charge in [-0.3, -0.25) is 0 Å². The van der Waals surface area contributed by atoms with Crippen molar-refractivity contribution in [2.24, 2.45) is 0 Å². The Morgan fingerprint density at radius 3 is 0.585 bits per heavy atom. The molecule has 0 atom stereocenters. The topological polar surface area (TPSA) is 46.2 Å². The molecule has 0 aliphatic rings. The fraction of sp³-hybridized carbons (Fsp3) is 1.00. The third-order valence-electron chi connectivity index (χ3n) is 7.59. The van der Waals surface area contributed by atoms with Crippen LogP contribution in [0.3, 0.4) is 0 Å². The molecule has 0 N–H and O–H groups in total.